The van der Waals surface area contributed by atoms with Crippen molar-refractivity contribution >= 4 is 34.4 Å². The first kappa shape index (κ1) is 19.0. The predicted molar refractivity (Wildman–Crippen MR) is 107 cm³/mol. The Morgan fingerprint density at radius 1 is 1.19 bits per heavy atom. The van der Waals surface area contributed by atoms with Gasteiger partial charge in [-0.2, -0.15) is 0 Å². The monoisotopic (exact) mass is 383 g/mol. The summed E-state index contributed by atoms with van der Waals surface area (Å²) in [5, 5.41) is 2.72. The minimum Gasteiger partial charge on any atom is -0.497 e. The number of hydrogen-bond acceptors (Lipinski definition) is 5. The zero-order chi connectivity index (χ0) is 19.2. The second kappa shape index (κ2) is 8.73. The van der Waals surface area contributed by atoms with Crippen molar-refractivity contribution in [3.05, 3.63) is 60.2 Å². The van der Waals surface area contributed by atoms with Crippen LogP contribution in [0.25, 0.3) is 0 Å². The van der Waals surface area contributed by atoms with Gasteiger partial charge in [-0.05, 0) is 29.8 Å². The molecule has 0 bridgehead atoms. The van der Waals surface area contributed by atoms with Gasteiger partial charge in [-0.25, -0.2) is 4.99 Å². The van der Waals surface area contributed by atoms with Gasteiger partial charge in [-0.3, -0.25) is 14.5 Å². The number of benzene rings is 2. The predicted octanol–water partition coefficient (Wildman–Crippen LogP) is 2.96. The van der Waals surface area contributed by atoms with Crippen LogP contribution in [0.2, 0.25) is 0 Å². The van der Waals surface area contributed by atoms with Crippen molar-refractivity contribution in [1.29, 1.82) is 0 Å². The van der Waals surface area contributed by atoms with E-state index in [1.54, 1.807) is 19.1 Å². The minimum absolute atomic E-state index is 0.103. The van der Waals surface area contributed by atoms with Gasteiger partial charge < -0.3 is 10.1 Å². The fourth-order valence-corrected chi connectivity index (χ4v) is 3.82. The van der Waals surface area contributed by atoms with E-state index in [4.69, 9.17) is 4.74 Å². The Labute approximate surface area is 162 Å². The van der Waals surface area contributed by atoms with Gasteiger partial charge in [0.15, 0.2) is 5.17 Å². The molecule has 0 unspecified atom stereocenters. The Bertz CT molecular complexity index is 837. The number of aliphatic imine (C=N–C) groups is 1. The van der Waals surface area contributed by atoms with E-state index in [1.807, 2.05) is 54.6 Å². The van der Waals surface area contributed by atoms with Crippen LogP contribution < -0.4 is 10.1 Å². The zero-order valence-corrected chi connectivity index (χ0v) is 16.0. The molecule has 6 nitrogen and oxygen atoms in total. The molecule has 0 saturated carbocycles. The first-order valence-electron chi connectivity index (χ1n) is 8.56. The fraction of sp³-hybridized carbons (Fsp3) is 0.250. The number of hydrogen-bond donors (Lipinski definition) is 1. The zero-order valence-electron chi connectivity index (χ0n) is 15.2. The van der Waals surface area contributed by atoms with Crippen molar-refractivity contribution in [3.63, 3.8) is 0 Å². The normalized spacial score (nSPS) is 18.0. The van der Waals surface area contributed by atoms with E-state index in [1.165, 1.54) is 11.8 Å². The topological polar surface area (TPSA) is 71.0 Å². The highest BCUT2D eigenvalue weighted by Crippen LogP contribution is 2.32. The molecular formula is C20H21N3O3S. The SMILES string of the molecule is CNC(=O)C[C@H]1SC(=Nc2ccccc2)N(Cc2ccc(OC)cc2)C1=O. The summed E-state index contributed by atoms with van der Waals surface area (Å²) in [7, 11) is 3.18. The molecule has 7 heteroatoms. The maximum Gasteiger partial charge on any atom is 0.242 e. The minimum atomic E-state index is -0.467. The number of amidine groups is 1. The molecule has 0 aromatic heterocycles. The van der Waals surface area contributed by atoms with Crippen LogP contribution >= 0.6 is 11.8 Å². The largest absolute Gasteiger partial charge is 0.497 e. The maximum absolute atomic E-state index is 12.9. The number of thioether (sulfide) groups is 1. The molecule has 2 aromatic carbocycles. The van der Waals surface area contributed by atoms with Crippen LogP contribution in [-0.4, -0.2) is 41.3 Å². The number of ether oxygens (including phenoxy) is 1. The lowest BCUT2D eigenvalue weighted by molar-refractivity contribution is -0.129. The highest BCUT2D eigenvalue weighted by molar-refractivity contribution is 8.15. The summed E-state index contributed by atoms with van der Waals surface area (Å²) in [4.78, 5) is 30.9. The van der Waals surface area contributed by atoms with Gasteiger partial charge in [0.1, 0.15) is 11.0 Å². The highest BCUT2D eigenvalue weighted by Gasteiger charge is 2.39. The number of para-hydroxylation sites is 1. The summed E-state index contributed by atoms with van der Waals surface area (Å²) in [6, 6.07) is 17.0. The lowest BCUT2D eigenvalue weighted by Gasteiger charge is -2.17. The Hall–Kier alpha value is -2.80. The van der Waals surface area contributed by atoms with E-state index in [2.05, 4.69) is 10.3 Å². The molecule has 1 atom stereocenters. The van der Waals surface area contributed by atoms with Gasteiger partial charge >= 0.3 is 0 Å². The molecule has 140 valence electrons. The molecule has 2 aromatic rings. The number of nitrogens with one attached hydrogen (secondary N) is 1. The average molecular weight is 383 g/mol. The summed E-state index contributed by atoms with van der Waals surface area (Å²) in [5.74, 6) is 0.497. The molecule has 1 saturated heterocycles. The van der Waals surface area contributed by atoms with Gasteiger partial charge in [0.2, 0.25) is 11.8 Å². The van der Waals surface area contributed by atoms with Gasteiger partial charge in [-0.15, -0.1) is 0 Å². The van der Waals surface area contributed by atoms with Crippen LogP contribution in [0.4, 0.5) is 5.69 Å². The van der Waals surface area contributed by atoms with Crippen LogP contribution in [-0.2, 0) is 16.1 Å². The summed E-state index contributed by atoms with van der Waals surface area (Å²) in [5.41, 5.74) is 1.74. The first-order chi connectivity index (χ1) is 13.1. The number of carbonyl (C=O) groups is 2. The first-order valence-corrected chi connectivity index (χ1v) is 9.44. The molecule has 1 aliphatic heterocycles. The van der Waals surface area contributed by atoms with E-state index in [9.17, 15) is 9.59 Å². The number of amides is 2. The maximum atomic E-state index is 12.9. The molecule has 1 fully saturated rings. The standard InChI is InChI=1S/C20H21N3O3S/c1-21-18(24)12-17-19(25)23(13-14-8-10-16(26-2)11-9-14)20(27-17)22-15-6-4-3-5-7-15/h3-11,17H,12-13H2,1-2H3,(H,21,24)/t17-/m1/s1. The van der Waals surface area contributed by atoms with Crippen LogP contribution in [0.15, 0.2) is 59.6 Å². The number of methoxy groups -OCH3 is 1. The van der Waals surface area contributed by atoms with Crippen LogP contribution in [0.3, 0.4) is 0 Å². The van der Waals surface area contributed by atoms with Gasteiger partial charge in [0.25, 0.3) is 0 Å². The van der Waals surface area contributed by atoms with E-state index in [0.29, 0.717) is 11.7 Å². The van der Waals surface area contributed by atoms with Gasteiger partial charge in [0.05, 0.1) is 19.3 Å². The Balaban J connectivity index is 1.86. The van der Waals surface area contributed by atoms with Crippen molar-refractivity contribution in [2.24, 2.45) is 4.99 Å². The average Bonchev–Trinajstić information content (AvgIpc) is 2.98. The third kappa shape index (κ3) is 4.68. The second-order valence-corrected chi connectivity index (χ2v) is 7.16. The molecule has 0 aliphatic carbocycles. The number of carbonyl (C=O) groups excluding carboxylic acids is 2. The second-order valence-electron chi connectivity index (χ2n) is 5.99. The summed E-state index contributed by atoms with van der Waals surface area (Å²) >= 11 is 1.33. The van der Waals surface area contributed by atoms with Crippen LogP contribution in [0.5, 0.6) is 5.75 Å². The number of nitrogens with zero attached hydrogens (tertiary/aromatic N) is 2. The third-order valence-electron chi connectivity index (χ3n) is 4.15. The molecule has 27 heavy (non-hydrogen) atoms. The smallest absolute Gasteiger partial charge is 0.242 e. The van der Waals surface area contributed by atoms with E-state index < -0.39 is 5.25 Å². The summed E-state index contributed by atoms with van der Waals surface area (Å²) in [6.45, 7) is 0.395. The van der Waals surface area contributed by atoms with Crippen molar-refractivity contribution in [2.45, 2.75) is 18.2 Å². The Morgan fingerprint density at radius 3 is 2.52 bits per heavy atom. The lowest BCUT2D eigenvalue weighted by Crippen LogP contribution is -2.33. The third-order valence-corrected chi connectivity index (χ3v) is 5.33. The summed E-state index contributed by atoms with van der Waals surface area (Å²) < 4.78 is 5.18. The van der Waals surface area contributed by atoms with Gasteiger partial charge in [-0.1, -0.05) is 42.1 Å². The summed E-state index contributed by atoms with van der Waals surface area (Å²) in [6.07, 6.45) is 0.132. The van der Waals surface area contributed by atoms with Crippen LogP contribution in [0.1, 0.15) is 12.0 Å². The molecule has 0 spiro atoms. The van der Waals surface area contributed by atoms with Gasteiger partial charge in [0, 0.05) is 13.5 Å². The molecular weight excluding hydrogens is 362 g/mol. The fourth-order valence-electron chi connectivity index (χ4n) is 2.67. The molecule has 1 aliphatic rings. The van der Waals surface area contributed by atoms with E-state index in [-0.39, 0.29) is 18.2 Å². The molecule has 3 rings (SSSR count). The Morgan fingerprint density at radius 2 is 1.89 bits per heavy atom. The molecule has 1 N–H and O–H groups in total. The number of rotatable bonds is 6. The molecule has 1 heterocycles. The lowest BCUT2D eigenvalue weighted by atomic mass is 10.2. The van der Waals surface area contributed by atoms with Crippen molar-refractivity contribution in [3.8, 4) is 5.75 Å². The van der Waals surface area contributed by atoms with E-state index >= 15 is 0 Å². The Kier molecular flexibility index (Phi) is 6.13. The van der Waals surface area contributed by atoms with Crippen molar-refractivity contribution in [1.82, 2.24) is 10.2 Å². The van der Waals surface area contributed by atoms with Crippen LogP contribution in [0, 0.1) is 0 Å². The quantitative estimate of drug-likeness (QED) is 0.833. The van der Waals surface area contributed by atoms with Crippen molar-refractivity contribution in [2.75, 3.05) is 14.2 Å². The van der Waals surface area contributed by atoms with E-state index in [0.717, 1.165) is 17.0 Å². The molecule has 2 amide bonds. The molecule has 0 radical (unpaired) electrons. The van der Waals surface area contributed by atoms with Crippen molar-refractivity contribution < 1.29 is 14.3 Å². The highest BCUT2D eigenvalue weighted by atomic mass is 32.2.